The standard InChI is InChI=1S/C8H15N.C2H6/c1-4-8(3)6-7-9-5-2;1-2/h5-8H,4H2,1-3H3;1-2H3/b7-6-,9-5?;. The summed E-state index contributed by atoms with van der Waals surface area (Å²) in [6.45, 7) is 10.3. The molecular weight excluding hydrogens is 134 g/mol. The zero-order valence-corrected chi connectivity index (χ0v) is 8.46. The first-order valence-electron chi connectivity index (χ1n) is 4.45. The van der Waals surface area contributed by atoms with Gasteiger partial charge in [0.1, 0.15) is 0 Å². The van der Waals surface area contributed by atoms with E-state index in [1.165, 1.54) is 6.42 Å². The Kier molecular flexibility index (Phi) is 14.4. The van der Waals surface area contributed by atoms with E-state index in [1.54, 1.807) is 6.21 Å². The molecule has 0 saturated heterocycles. The van der Waals surface area contributed by atoms with Gasteiger partial charge in [0.15, 0.2) is 0 Å². The molecule has 0 spiro atoms. The third-order valence-corrected chi connectivity index (χ3v) is 1.29. The summed E-state index contributed by atoms with van der Waals surface area (Å²) in [6.07, 6.45) is 6.95. The fraction of sp³-hybridized carbons (Fsp3) is 0.700. The molecule has 0 aromatic rings. The highest BCUT2D eigenvalue weighted by atomic mass is 14.6. The minimum Gasteiger partial charge on any atom is -0.270 e. The van der Waals surface area contributed by atoms with Crippen LogP contribution in [0.1, 0.15) is 41.0 Å². The highest BCUT2D eigenvalue weighted by molar-refractivity contribution is 5.54. The molecule has 1 heteroatoms. The van der Waals surface area contributed by atoms with Crippen LogP contribution in [0.4, 0.5) is 0 Å². The number of allylic oxidation sites excluding steroid dienone is 1. The maximum atomic E-state index is 3.95. The molecule has 0 N–H and O–H groups in total. The Morgan fingerprint density at radius 2 is 1.91 bits per heavy atom. The van der Waals surface area contributed by atoms with Gasteiger partial charge in [-0.05, 0) is 12.8 Å². The van der Waals surface area contributed by atoms with E-state index in [2.05, 4.69) is 24.9 Å². The van der Waals surface area contributed by atoms with Gasteiger partial charge in [0.2, 0.25) is 0 Å². The minimum atomic E-state index is 0.661. The lowest BCUT2D eigenvalue weighted by atomic mass is 10.1. The molecule has 0 radical (unpaired) electrons. The molecule has 0 aromatic heterocycles. The van der Waals surface area contributed by atoms with Crippen molar-refractivity contribution >= 4 is 6.21 Å². The van der Waals surface area contributed by atoms with Crippen molar-refractivity contribution in [2.24, 2.45) is 10.9 Å². The molecule has 0 aliphatic carbocycles. The van der Waals surface area contributed by atoms with Crippen LogP contribution in [0.2, 0.25) is 0 Å². The summed E-state index contributed by atoms with van der Waals surface area (Å²) < 4.78 is 0. The zero-order valence-electron chi connectivity index (χ0n) is 8.46. The Morgan fingerprint density at radius 3 is 2.27 bits per heavy atom. The lowest BCUT2D eigenvalue weighted by Gasteiger charge is -1.95. The van der Waals surface area contributed by atoms with Crippen LogP contribution in [-0.2, 0) is 0 Å². The monoisotopic (exact) mass is 155 g/mol. The molecule has 0 bridgehead atoms. The van der Waals surface area contributed by atoms with Crippen molar-refractivity contribution in [3.63, 3.8) is 0 Å². The molecule has 1 unspecified atom stereocenters. The van der Waals surface area contributed by atoms with E-state index in [0.29, 0.717) is 5.92 Å². The molecule has 0 saturated carbocycles. The molecular formula is C10H21N. The van der Waals surface area contributed by atoms with Gasteiger partial charge in [0.25, 0.3) is 0 Å². The first kappa shape index (κ1) is 13.0. The minimum absolute atomic E-state index is 0.661. The molecule has 0 rings (SSSR count). The third kappa shape index (κ3) is 12.6. The average molecular weight is 155 g/mol. The van der Waals surface area contributed by atoms with Crippen LogP contribution in [0.25, 0.3) is 0 Å². The number of hydrogen-bond acceptors (Lipinski definition) is 1. The van der Waals surface area contributed by atoms with Crippen LogP contribution in [0.15, 0.2) is 17.3 Å². The van der Waals surface area contributed by atoms with Crippen LogP contribution in [0.3, 0.4) is 0 Å². The summed E-state index contributed by atoms with van der Waals surface area (Å²) in [6, 6.07) is 0. The van der Waals surface area contributed by atoms with Crippen molar-refractivity contribution in [2.75, 3.05) is 0 Å². The van der Waals surface area contributed by atoms with Crippen molar-refractivity contribution in [3.8, 4) is 0 Å². The summed E-state index contributed by atoms with van der Waals surface area (Å²) in [7, 11) is 0. The van der Waals surface area contributed by atoms with E-state index >= 15 is 0 Å². The van der Waals surface area contributed by atoms with Gasteiger partial charge in [-0.25, -0.2) is 0 Å². The highest BCUT2D eigenvalue weighted by Gasteiger charge is 1.87. The van der Waals surface area contributed by atoms with Gasteiger partial charge in [-0.2, -0.15) is 0 Å². The predicted octanol–water partition coefficient (Wildman–Crippen LogP) is 3.66. The molecule has 0 amide bonds. The van der Waals surface area contributed by atoms with Gasteiger partial charge in [-0.1, -0.05) is 40.2 Å². The maximum absolute atomic E-state index is 3.95. The second kappa shape index (κ2) is 12.1. The van der Waals surface area contributed by atoms with Crippen LogP contribution in [-0.4, -0.2) is 6.21 Å². The first-order chi connectivity index (χ1) is 5.31. The number of hydrogen-bond donors (Lipinski definition) is 0. The van der Waals surface area contributed by atoms with Gasteiger partial charge in [-0.15, -0.1) is 0 Å². The molecule has 0 aromatic carbocycles. The van der Waals surface area contributed by atoms with E-state index in [1.807, 2.05) is 27.0 Å². The van der Waals surface area contributed by atoms with Crippen molar-refractivity contribution in [1.29, 1.82) is 0 Å². The Bertz CT molecular complexity index is 103. The SMILES string of the molecule is CC.CC=N/C=C\C(C)CC. The first-order valence-corrected chi connectivity index (χ1v) is 4.45. The third-order valence-electron chi connectivity index (χ3n) is 1.29. The fourth-order valence-electron chi connectivity index (χ4n) is 0.419. The average Bonchev–Trinajstić information content (AvgIpc) is 2.08. The number of rotatable bonds is 3. The Balaban J connectivity index is 0. The second-order valence-electron chi connectivity index (χ2n) is 2.13. The topological polar surface area (TPSA) is 12.4 Å². The van der Waals surface area contributed by atoms with Crippen LogP contribution in [0, 0.1) is 5.92 Å². The van der Waals surface area contributed by atoms with Crippen molar-refractivity contribution in [3.05, 3.63) is 12.3 Å². The molecule has 0 aliphatic rings. The van der Waals surface area contributed by atoms with Crippen LogP contribution < -0.4 is 0 Å². The molecule has 11 heavy (non-hydrogen) atoms. The Hall–Kier alpha value is -0.590. The van der Waals surface area contributed by atoms with Gasteiger partial charge in [0.05, 0.1) is 0 Å². The second-order valence-corrected chi connectivity index (χ2v) is 2.13. The Morgan fingerprint density at radius 1 is 1.36 bits per heavy atom. The summed E-state index contributed by atoms with van der Waals surface area (Å²) in [5.74, 6) is 0.661. The van der Waals surface area contributed by atoms with E-state index in [4.69, 9.17) is 0 Å². The predicted molar refractivity (Wildman–Crippen MR) is 54.1 cm³/mol. The van der Waals surface area contributed by atoms with E-state index < -0.39 is 0 Å². The number of aliphatic imine (C=N–C) groups is 1. The van der Waals surface area contributed by atoms with Gasteiger partial charge < -0.3 is 0 Å². The van der Waals surface area contributed by atoms with E-state index in [0.717, 1.165) is 0 Å². The molecule has 0 heterocycles. The van der Waals surface area contributed by atoms with E-state index in [9.17, 15) is 0 Å². The van der Waals surface area contributed by atoms with Crippen molar-refractivity contribution in [1.82, 2.24) is 0 Å². The van der Waals surface area contributed by atoms with Crippen LogP contribution >= 0.6 is 0 Å². The number of nitrogens with zero attached hydrogens (tertiary/aromatic N) is 1. The smallest absolute Gasteiger partial charge is 0.0226 e. The lowest BCUT2D eigenvalue weighted by Crippen LogP contribution is -1.82. The lowest BCUT2D eigenvalue weighted by molar-refractivity contribution is 0.697. The molecule has 1 atom stereocenters. The van der Waals surface area contributed by atoms with Gasteiger partial charge in [-0.3, -0.25) is 4.99 Å². The normalized spacial score (nSPS) is 13.2. The van der Waals surface area contributed by atoms with Crippen LogP contribution in [0.5, 0.6) is 0 Å². The Labute approximate surface area is 71.2 Å². The zero-order chi connectivity index (χ0) is 9.11. The van der Waals surface area contributed by atoms with Gasteiger partial charge in [0, 0.05) is 12.4 Å². The summed E-state index contributed by atoms with van der Waals surface area (Å²) in [5, 5.41) is 0. The molecule has 66 valence electrons. The maximum Gasteiger partial charge on any atom is 0.0226 e. The van der Waals surface area contributed by atoms with Gasteiger partial charge >= 0.3 is 0 Å². The quantitative estimate of drug-likeness (QED) is 0.551. The molecule has 0 fully saturated rings. The largest absolute Gasteiger partial charge is 0.270 e. The molecule has 1 nitrogen and oxygen atoms in total. The summed E-state index contributed by atoms with van der Waals surface area (Å²) >= 11 is 0. The fourth-order valence-corrected chi connectivity index (χ4v) is 0.419. The summed E-state index contributed by atoms with van der Waals surface area (Å²) in [4.78, 5) is 3.95. The molecule has 0 aliphatic heterocycles. The van der Waals surface area contributed by atoms with Crippen molar-refractivity contribution in [2.45, 2.75) is 41.0 Å². The highest BCUT2D eigenvalue weighted by Crippen LogP contribution is 2.00. The van der Waals surface area contributed by atoms with Crippen molar-refractivity contribution < 1.29 is 0 Å². The summed E-state index contributed by atoms with van der Waals surface area (Å²) in [5.41, 5.74) is 0. The van der Waals surface area contributed by atoms with E-state index in [-0.39, 0.29) is 0 Å².